The van der Waals surface area contributed by atoms with E-state index in [0.29, 0.717) is 25.2 Å². The lowest BCUT2D eigenvalue weighted by atomic mass is 10.2. The van der Waals surface area contributed by atoms with Crippen LogP contribution in [0.2, 0.25) is 0 Å². The molecule has 0 spiro atoms. The maximum Gasteiger partial charge on any atom is 0.273 e. The SMILES string of the molecule is NS(=O)(=O)CC1CCN(C(=O)c2csc(-c3ccccc3)n2)C1. The summed E-state index contributed by atoms with van der Waals surface area (Å²) in [5.41, 5.74) is 1.38. The standard InChI is InChI=1S/C15H17N3O3S2/c16-23(20,21)10-11-6-7-18(8-11)15(19)13-9-22-14(17-13)12-4-2-1-3-5-12/h1-5,9,11H,6-8,10H2,(H2,16,20,21). The summed E-state index contributed by atoms with van der Waals surface area (Å²) in [7, 11) is -3.50. The lowest BCUT2D eigenvalue weighted by molar-refractivity contribution is 0.0783. The molecule has 2 aromatic rings. The molecule has 2 heterocycles. The van der Waals surface area contributed by atoms with Gasteiger partial charge in [0.2, 0.25) is 10.0 Å². The summed E-state index contributed by atoms with van der Waals surface area (Å²) in [6, 6.07) is 9.68. The van der Waals surface area contributed by atoms with Gasteiger partial charge in [-0.25, -0.2) is 18.5 Å². The van der Waals surface area contributed by atoms with Crippen LogP contribution in [0.1, 0.15) is 16.9 Å². The molecule has 1 aliphatic heterocycles. The van der Waals surface area contributed by atoms with Gasteiger partial charge < -0.3 is 4.90 Å². The minimum absolute atomic E-state index is 0.0802. The maximum absolute atomic E-state index is 12.5. The summed E-state index contributed by atoms with van der Waals surface area (Å²) >= 11 is 1.43. The average molecular weight is 351 g/mol. The number of primary sulfonamides is 1. The van der Waals surface area contributed by atoms with Crippen LogP contribution < -0.4 is 5.14 Å². The van der Waals surface area contributed by atoms with Crippen molar-refractivity contribution in [2.24, 2.45) is 11.1 Å². The van der Waals surface area contributed by atoms with E-state index >= 15 is 0 Å². The van der Waals surface area contributed by atoms with Crippen LogP contribution in [0, 0.1) is 5.92 Å². The highest BCUT2D eigenvalue weighted by atomic mass is 32.2. The van der Waals surface area contributed by atoms with Crippen molar-refractivity contribution in [2.45, 2.75) is 6.42 Å². The number of hydrogen-bond acceptors (Lipinski definition) is 5. The molecule has 1 aromatic heterocycles. The first kappa shape index (κ1) is 16.1. The second kappa shape index (κ2) is 6.38. The van der Waals surface area contributed by atoms with Gasteiger partial charge in [-0.1, -0.05) is 30.3 Å². The maximum atomic E-state index is 12.5. The highest BCUT2D eigenvalue weighted by Gasteiger charge is 2.30. The number of hydrogen-bond donors (Lipinski definition) is 1. The fraction of sp³-hybridized carbons (Fsp3) is 0.333. The summed E-state index contributed by atoms with van der Waals surface area (Å²) in [5, 5.41) is 7.62. The molecule has 3 rings (SSSR count). The van der Waals surface area contributed by atoms with Crippen LogP contribution in [0.15, 0.2) is 35.7 Å². The molecule has 1 aliphatic rings. The van der Waals surface area contributed by atoms with E-state index < -0.39 is 10.0 Å². The van der Waals surface area contributed by atoms with E-state index in [1.165, 1.54) is 11.3 Å². The van der Waals surface area contributed by atoms with Crippen molar-refractivity contribution in [2.75, 3.05) is 18.8 Å². The molecule has 1 atom stereocenters. The van der Waals surface area contributed by atoms with Crippen molar-refractivity contribution in [3.63, 3.8) is 0 Å². The first-order valence-electron chi connectivity index (χ1n) is 7.23. The van der Waals surface area contributed by atoms with Crippen molar-refractivity contribution >= 4 is 27.3 Å². The molecule has 2 N–H and O–H groups in total. The summed E-state index contributed by atoms with van der Waals surface area (Å²) < 4.78 is 22.3. The Bertz CT molecular complexity index is 802. The second-order valence-electron chi connectivity index (χ2n) is 5.64. The van der Waals surface area contributed by atoms with E-state index in [2.05, 4.69) is 4.98 Å². The van der Waals surface area contributed by atoms with E-state index in [1.54, 1.807) is 10.3 Å². The highest BCUT2D eigenvalue weighted by molar-refractivity contribution is 7.89. The number of aromatic nitrogens is 1. The number of carbonyl (C=O) groups is 1. The molecule has 8 heteroatoms. The molecule has 1 aromatic carbocycles. The molecular weight excluding hydrogens is 334 g/mol. The summed E-state index contributed by atoms with van der Waals surface area (Å²) in [5.74, 6) is -0.329. The smallest absolute Gasteiger partial charge is 0.273 e. The van der Waals surface area contributed by atoms with E-state index in [-0.39, 0.29) is 17.6 Å². The molecule has 1 amide bonds. The predicted octanol–water partition coefficient (Wildman–Crippen LogP) is 1.56. The normalized spacial score (nSPS) is 18.3. The Labute approximate surface area is 139 Å². The summed E-state index contributed by atoms with van der Waals surface area (Å²) in [6.07, 6.45) is 0.651. The second-order valence-corrected chi connectivity index (χ2v) is 8.16. The third-order valence-electron chi connectivity index (χ3n) is 3.79. The fourth-order valence-corrected chi connectivity index (χ4v) is 4.46. The van der Waals surface area contributed by atoms with Gasteiger partial charge >= 0.3 is 0 Å². The van der Waals surface area contributed by atoms with Gasteiger partial charge in [-0.05, 0) is 12.3 Å². The molecular formula is C15H17N3O3S2. The van der Waals surface area contributed by atoms with Gasteiger partial charge in [-0.2, -0.15) is 0 Å². The van der Waals surface area contributed by atoms with Crippen molar-refractivity contribution in [1.29, 1.82) is 0 Å². The van der Waals surface area contributed by atoms with Gasteiger partial charge in [0, 0.05) is 24.0 Å². The molecule has 122 valence electrons. The zero-order valence-electron chi connectivity index (χ0n) is 12.4. The molecule has 0 bridgehead atoms. The van der Waals surface area contributed by atoms with Gasteiger partial charge in [-0.15, -0.1) is 11.3 Å². The zero-order chi connectivity index (χ0) is 16.4. The third kappa shape index (κ3) is 3.95. The molecule has 1 fully saturated rings. The van der Waals surface area contributed by atoms with Gasteiger partial charge in [0.1, 0.15) is 10.7 Å². The number of sulfonamides is 1. The number of likely N-dealkylation sites (tertiary alicyclic amines) is 1. The third-order valence-corrected chi connectivity index (χ3v) is 5.61. The number of rotatable bonds is 4. The Morgan fingerprint density at radius 1 is 1.35 bits per heavy atom. The molecule has 23 heavy (non-hydrogen) atoms. The minimum Gasteiger partial charge on any atom is -0.337 e. The van der Waals surface area contributed by atoms with Gasteiger partial charge in [0.15, 0.2) is 0 Å². The number of amides is 1. The van der Waals surface area contributed by atoms with Crippen molar-refractivity contribution in [1.82, 2.24) is 9.88 Å². The van der Waals surface area contributed by atoms with Gasteiger partial charge in [0.05, 0.1) is 5.75 Å². The lowest BCUT2D eigenvalue weighted by Crippen LogP contribution is -2.31. The van der Waals surface area contributed by atoms with Crippen LogP contribution >= 0.6 is 11.3 Å². The van der Waals surface area contributed by atoms with E-state index in [1.807, 2.05) is 30.3 Å². The quantitative estimate of drug-likeness (QED) is 0.904. The van der Waals surface area contributed by atoms with E-state index in [0.717, 1.165) is 10.6 Å². The highest BCUT2D eigenvalue weighted by Crippen LogP contribution is 2.25. The van der Waals surface area contributed by atoms with Crippen LogP contribution in [0.5, 0.6) is 0 Å². The Morgan fingerprint density at radius 2 is 2.09 bits per heavy atom. The zero-order valence-corrected chi connectivity index (χ0v) is 14.0. The number of nitrogens with zero attached hydrogens (tertiary/aromatic N) is 2. The van der Waals surface area contributed by atoms with Crippen LogP contribution in [0.3, 0.4) is 0 Å². The summed E-state index contributed by atoms with van der Waals surface area (Å²) in [6.45, 7) is 0.949. The fourth-order valence-electron chi connectivity index (χ4n) is 2.73. The number of carbonyl (C=O) groups excluding carboxylic acids is 1. The Morgan fingerprint density at radius 3 is 2.78 bits per heavy atom. The van der Waals surface area contributed by atoms with Gasteiger partial charge in [-0.3, -0.25) is 4.79 Å². The first-order chi connectivity index (χ1) is 10.9. The number of thiazole rings is 1. The van der Waals surface area contributed by atoms with Crippen LogP contribution in [0.4, 0.5) is 0 Å². The predicted molar refractivity (Wildman–Crippen MR) is 89.5 cm³/mol. The molecule has 0 saturated carbocycles. The largest absolute Gasteiger partial charge is 0.337 e. The topological polar surface area (TPSA) is 93.4 Å². The molecule has 1 saturated heterocycles. The van der Waals surface area contributed by atoms with E-state index in [9.17, 15) is 13.2 Å². The molecule has 6 nitrogen and oxygen atoms in total. The van der Waals surface area contributed by atoms with E-state index in [4.69, 9.17) is 5.14 Å². The van der Waals surface area contributed by atoms with Crippen LogP contribution in [-0.2, 0) is 10.0 Å². The Hall–Kier alpha value is -1.77. The molecule has 1 unspecified atom stereocenters. The lowest BCUT2D eigenvalue weighted by Gasteiger charge is -2.14. The minimum atomic E-state index is -3.50. The van der Waals surface area contributed by atoms with Crippen molar-refractivity contribution in [3.05, 3.63) is 41.4 Å². The van der Waals surface area contributed by atoms with Crippen molar-refractivity contribution in [3.8, 4) is 10.6 Å². The monoisotopic (exact) mass is 351 g/mol. The summed E-state index contributed by atoms with van der Waals surface area (Å²) in [4.78, 5) is 18.6. The van der Waals surface area contributed by atoms with Crippen molar-refractivity contribution < 1.29 is 13.2 Å². The van der Waals surface area contributed by atoms with Crippen LogP contribution in [0.25, 0.3) is 10.6 Å². The van der Waals surface area contributed by atoms with Crippen LogP contribution in [-0.4, -0.2) is 43.1 Å². The van der Waals surface area contributed by atoms with Gasteiger partial charge in [0.25, 0.3) is 5.91 Å². The molecule has 0 aliphatic carbocycles. The number of benzene rings is 1. The first-order valence-corrected chi connectivity index (χ1v) is 9.82. The molecule has 0 radical (unpaired) electrons. The average Bonchev–Trinajstić information content (AvgIpc) is 3.15. The Kier molecular flexibility index (Phi) is 4.47. The number of nitrogens with two attached hydrogens (primary N) is 1. The Balaban J connectivity index is 1.69.